The molecule has 0 aromatic heterocycles. The lowest BCUT2D eigenvalue weighted by atomic mass is 9.95. The van der Waals surface area contributed by atoms with Gasteiger partial charge in [-0.05, 0) is 24.5 Å². The highest BCUT2D eigenvalue weighted by Crippen LogP contribution is 2.23. The number of nitrogens with two attached hydrogens (primary N) is 1. The summed E-state index contributed by atoms with van der Waals surface area (Å²) in [6.45, 7) is 4.75. The van der Waals surface area contributed by atoms with Crippen molar-refractivity contribution in [3.8, 4) is 0 Å². The molecular weight excluding hydrogens is 220 g/mol. The fourth-order valence-corrected chi connectivity index (χ4v) is 3.43. The summed E-state index contributed by atoms with van der Waals surface area (Å²) in [6.07, 6.45) is 2.03. The number of hydrogen-bond donors (Lipinski definition) is 1. The molecule has 0 aromatic carbocycles. The van der Waals surface area contributed by atoms with Gasteiger partial charge in [-0.15, -0.1) is 0 Å². The molecule has 1 rings (SSSR count). The van der Waals surface area contributed by atoms with Gasteiger partial charge >= 0.3 is 0 Å². The van der Waals surface area contributed by atoms with Crippen LogP contribution in [-0.4, -0.2) is 41.9 Å². The van der Waals surface area contributed by atoms with Gasteiger partial charge in [-0.3, -0.25) is 4.79 Å². The molecule has 1 aliphatic rings. The maximum atomic E-state index is 12.2. The monoisotopic (exact) mass is 244 g/mol. The SMILES string of the molecule is CC(C)CC(CN)C(=O)N(C)C1CCSC1. The van der Waals surface area contributed by atoms with Crippen LogP contribution in [0.4, 0.5) is 0 Å². The Morgan fingerprint density at radius 1 is 1.56 bits per heavy atom. The van der Waals surface area contributed by atoms with Gasteiger partial charge in [0.2, 0.25) is 5.91 Å². The molecule has 2 unspecified atom stereocenters. The Bertz CT molecular complexity index is 223. The van der Waals surface area contributed by atoms with Crippen molar-refractivity contribution in [3.63, 3.8) is 0 Å². The van der Waals surface area contributed by atoms with E-state index >= 15 is 0 Å². The summed E-state index contributed by atoms with van der Waals surface area (Å²) in [6, 6.07) is 0.429. The second kappa shape index (κ2) is 6.50. The molecule has 2 atom stereocenters. The Labute approximate surface area is 103 Å². The molecule has 1 saturated heterocycles. The zero-order chi connectivity index (χ0) is 12.1. The number of carbonyl (C=O) groups excluding carboxylic acids is 1. The Morgan fingerprint density at radius 3 is 2.69 bits per heavy atom. The molecule has 1 heterocycles. The second-order valence-corrected chi connectivity index (χ2v) is 6.18. The van der Waals surface area contributed by atoms with Gasteiger partial charge in [0.25, 0.3) is 0 Å². The van der Waals surface area contributed by atoms with Crippen molar-refractivity contribution in [3.05, 3.63) is 0 Å². The summed E-state index contributed by atoms with van der Waals surface area (Å²) in [5, 5.41) is 0. The highest BCUT2D eigenvalue weighted by Gasteiger charge is 2.28. The molecule has 16 heavy (non-hydrogen) atoms. The maximum absolute atomic E-state index is 12.2. The van der Waals surface area contributed by atoms with Gasteiger partial charge in [-0.1, -0.05) is 13.8 Å². The lowest BCUT2D eigenvalue weighted by molar-refractivity contribution is -0.136. The Hall–Kier alpha value is -0.220. The van der Waals surface area contributed by atoms with Crippen LogP contribution in [0.2, 0.25) is 0 Å². The van der Waals surface area contributed by atoms with E-state index in [9.17, 15) is 4.79 Å². The molecule has 0 aliphatic carbocycles. The fraction of sp³-hybridized carbons (Fsp3) is 0.917. The Balaban J connectivity index is 2.52. The van der Waals surface area contributed by atoms with Crippen LogP contribution in [-0.2, 0) is 4.79 Å². The van der Waals surface area contributed by atoms with Crippen molar-refractivity contribution in [2.45, 2.75) is 32.7 Å². The van der Waals surface area contributed by atoms with E-state index in [1.165, 1.54) is 5.75 Å². The molecule has 0 aromatic rings. The molecule has 94 valence electrons. The molecule has 0 radical (unpaired) electrons. The van der Waals surface area contributed by atoms with Crippen molar-refractivity contribution >= 4 is 17.7 Å². The van der Waals surface area contributed by atoms with Gasteiger partial charge in [0.1, 0.15) is 0 Å². The number of carbonyl (C=O) groups is 1. The predicted octanol–water partition coefficient (Wildman–Crippen LogP) is 1.57. The molecule has 0 bridgehead atoms. The molecule has 1 fully saturated rings. The smallest absolute Gasteiger partial charge is 0.226 e. The minimum Gasteiger partial charge on any atom is -0.342 e. The van der Waals surface area contributed by atoms with E-state index < -0.39 is 0 Å². The third-order valence-electron chi connectivity index (χ3n) is 3.19. The molecule has 4 heteroatoms. The fourth-order valence-electron chi connectivity index (χ4n) is 2.16. The zero-order valence-electron chi connectivity index (χ0n) is 10.6. The summed E-state index contributed by atoms with van der Waals surface area (Å²) in [5.41, 5.74) is 5.71. The summed E-state index contributed by atoms with van der Waals surface area (Å²) in [4.78, 5) is 14.2. The Morgan fingerprint density at radius 2 is 2.25 bits per heavy atom. The van der Waals surface area contributed by atoms with Crippen molar-refractivity contribution in [2.75, 3.05) is 25.1 Å². The van der Waals surface area contributed by atoms with E-state index in [2.05, 4.69) is 13.8 Å². The number of nitrogens with zero attached hydrogens (tertiary/aromatic N) is 1. The van der Waals surface area contributed by atoms with Gasteiger partial charge in [-0.25, -0.2) is 0 Å². The lowest BCUT2D eigenvalue weighted by Gasteiger charge is -2.28. The number of rotatable bonds is 5. The van der Waals surface area contributed by atoms with Crippen LogP contribution < -0.4 is 5.73 Å². The molecule has 1 aliphatic heterocycles. The molecular formula is C12H24N2OS. The van der Waals surface area contributed by atoms with Gasteiger partial charge in [0.15, 0.2) is 0 Å². The van der Waals surface area contributed by atoms with E-state index in [-0.39, 0.29) is 11.8 Å². The summed E-state index contributed by atoms with van der Waals surface area (Å²) < 4.78 is 0. The third kappa shape index (κ3) is 3.67. The van der Waals surface area contributed by atoms with Gasteiger partial charge < -0.3 is 10.6 Å². The largest absolute Gasteiger partial charge is 0.342 e. The van der Waals surface area contributed by atoms with Crippen LogP contribution in [0.15, 0.2) is 0 Å². The highest BCUT2D eigenvalue weighted by molar-refractivity contribution is 7.99. The van der Waals surface area contributed by atoms with Gasteiger partial charge in [-0.2, -0.15) is 11.8 Å². The molecule has 0 spiro atoms. The average molecular weight is 244 g/mol. The highest BCUT2D eigenvalue weighted by atomic mass is 32.2. The maximum Gasteiger partial charge on any atom is 0.226 e. The lowest BCUT2D eigenvalue weighted by Crippen LogP contribution is -2.43. The molecule has 1 amide bonds. The molecule has 2 N–H and O–H groups in total. The first-order chi connectivity index (χ1) is 7.56. The van der Waals surface area contributed by atoms with E-state index in [4.69, 9.17) is 5.73 Å². The molecule has 0 saturated carbocycles. The van der Waals surface area contributed by atoms with E-state index in [0.717, 1.165) is 18.6 Å². The van der Waals surface area contributed by atoms with Crippen LogP contribution >= 0.6 is 11.8 Å². The number of hydrogen-bond acceptors (Lipinski definition) is 3. The summed E-state index contributed by atoms with van der Waals surface area (Å²) >= 11 is 1.94. The summed E-state index contributed by atoms with van der Waals surface area (Å²) in [7, 11) is 1.93. The second-order valence-electron chi connectivity index (χ2n) is 5.03. The minimum absolute atomic E-state index is 0.00981. The van der Waals surface area contributed by atoms with Crippen LogP contribution in [0.1, 0.15) is 26.7 Å². The minimum atomic E-state index is 0.00981. The zero-order valence-corrected chi connectivity index (χ0v) is 11.4. The van der Waals surface area contributed by atoms with Crippen LogP contribution in [0.25, 0.3) is 0 Å². The standard InChI is InChI=1S/C12H24N2OS/c1-9(2)6-10(7-13)12(15)14(3)11-4-5-16-8-11/h9-11H,4-8,13H2,1-3H3. The normalized spacial score (nSPS) is 22.4. The quantitative estimate of drug-likeness (QED) is 0.798. The predicted molar refractivity (Wildman–Crippen MR) is 70.5 cm³/mol. The number of thioether (sulfide) groups is 1. The van der Waals surface area contributed by atoms with Crippen LogP contribution in [0, 0.1) is 11.8 Å². The van der Waals surface area contributed by atoms with Gasteiger partial charge in [0, 0.05) is 25.4 Å². The van der Waals surface area contributed by atoms with Crippen molar-refractivity contribution in [2.24, 2.45) is 17.6 Å². The van der Waals surface area contributed by atoms with Crippen LogP contribution in [0.5, 0.6) is 0 Å². The summed E-state index contributed by atoms with van der Waals surface area (Å²) in [5.74, 6) is 3.05. The number of amides is 1. The first-order valence-corrected chi connectivity index (χ1v) is 7.26. The molecule has 3 nitrogen and oxygen atoms in total. The van der Waals surface area contributed by atoms with Crippen molar-refractivity contribution in [1.29, 1.82) is 0 Å². The van der Waals surface area contributed by atoms with Gasteiger partial charge in [0.05, 0.1) is 5.92 Å². The average Bonchev–Trinajstić information content (AvgIpc) is 2.76. The Kier molecular flexibility index (Phi) is 5.62. The van der Waals surface area contributed by atoms with Crippen molar-refractivity contribution < 1.29 is 4.79 Å². The first-order valence-electron chi connectivity index (χ1n) is 6.10. The third-order valence-corrected chi connectivity index (χ3v) is 4.34. The van der Waals surface area contributed by atoms with Crippen LogP contribution in [0.3, 0.4) is 0 Å². The topological polar surface area (TPSA) is 46.3 Å². The van der Waals surface area contributed by atoms with Crippen molar-refractivity contribution in [1.82, 2.24) is 4.90 Å². The first kappa shape index (κ1) is 13.8. The van der Waals surface area contributed by atoms with E-state index in [1.807, 2.05) is 23.7 Å². The van der Waals surface area contributed by atoms with E-state index in [0.29, 0.717) is 18.5 Å². The van der Waals surface area contributed by atoms with E-state index in [1.54, 1.807) is 0 Å².